The Morgan fingerprint density at radius 1 is 0.319 bits per heavy atom. The molecule has 0 saturated carbocycles. The van der Waals surface area contributed by atoms with E-state index < -0.39 is 97.5 Å². The SMILES string of the molecule is CCCCCCCCCCCCCCCC(=O)OC[C@H](COP(=O)(O)OC[C@@H](O)COP(=O)(O)OC[C@@H](COC(=O)CCCCCCCCC(C)CC)OC(=O)CCCCCCCCC(C)CC)OC(=O)CCCCCCCCCCCCCCCCCC(C)C. The van der Waals surface area contributed by atoms with Gasteiger partial charge in [-0.05, 0) is 43.4 Å². The lowest BCUT2D eigenvalue weighted by Gasteiger charge is -2.21. The van der Waals surface area contributed by atoms with Gasteiger partial charge in [0.2, 0.25) is 0 Å². The van der Waals surface area contributed by atoms with Gasteiger partial charge in [0.25, 0.3) is 0 Å². The number of carbonyl (C=O) groups is 4. The summed E-state index contributed by atoms with van der Waals surface area (Å²) in [4.78, 5) is 72.6. The quantitative estimate of drug-likeness (QED) is 0.0222. The Labute approximate surface area is 556 Å². The van der Waals surface area contributed by atoms with Crippen LogP contribution in [-0.2, 0) is 65.4 Å². The molecule has 7 atom stereocenters. The van der Waals surface area contributed by atoms with Crippen LogP contribution in [0.3, 0.4) is 0 Å². The van der Waals surface area contributed by atoms with E-state index >= 15 is 0 Å². The van der Waals surface area contributed by atoms with E-state index in [2.05, 4.69) is 48.5 Å². The largest absolute Gasteiger partial charge is 0.472 e. The molecule has 0 aromatic carbocycles. The summed E-state index contributed by atoms with van der Waals surface area (Å²) in [6, 6.07) is 0. The van der Waals surface area contributed by atoms with Crippen molar-refractivity contribution in [2.75, 3.05) is 39.6 Å². The predicted octanol–water partition coefficient (Wildman–Crippen LogP) is 20.6. The zero-order valence-electron chi connectivity index (χ0n) is 59.3. The molecular formula is C72H140O17P2. The van der Waals surface area contributed by atoms with Crippen LogP contribution in [0.4, 0.5) is 0 Å². The van der Waals surface area contributed by atoms with Gasteiger partial charge in [0.1, 0.15) is 19.3 Å². The number of aliphatic hydroxyl groups excluding tert-OH is 1. The van der Waals surface area contributed by atoms with Crippen LogP contribution in [0.2, 0.25) is 0 Å². The molecule has 0 spiro atoms. The Morgan fingerprint density at radius 2 is 0.560 bits per heavy atom. The summed E-state index contributed by atoms with van der Waals surface area (Å²) in [5.74, 6) is 0.127. The molecule has 0 bridgehead atoms. The summed E-state index contributed by atoms with van der Waals surface area (Å²) >= 11 is 0. The molecule has 0 aliphatic rings. The Morgan fingerprint density at radius 3 is 0.835 bits per heavy atom. The van der Waals surface area contributed by atoms with Crippen molar-refractivity contribution in [1.29, 1.82) is 0 Å². The van der Waals surface area contributed by atoms with Crippen LogP contribution in [0.25, 0.3) is 0 Å². The van der Waals surface area contributed by atoms with Gasteiger partial charge in [0.05, 0.1) is 26.4 Å². The summed E-state index contributed by atoms with van der Waals surface area (Å²) in [5, 5.41) is 10.6. The molecule has 0 saturated heterocycles. The summed E-state index contributed by atoms with van der Waals surface area (Å²) in [7, 11) is -9.90. The number of rotatable bonds is 70. The van der Waals surface area contributed by atoms with E-state index in [-0.39, 0.29) is 25.7 Å². The number of esters is 4. The summed E-state index contributed by atoms with van der Waals surface area (Å²) in [5.41, 5.74) is 0. The van der Waals surface area contributed by atoms with Crippen LogP contribution in [0, 0.1) is 17.8 Å². The van der Waals surface area contributed by atoms with E-state index in [1.807, 2.05) is 0 Å². The zero-order valence-corrected chi connectivity index (χ0v) is 61.1. The molecule has 0 aliphatic heterocycles. The molecule has 0 amide bonds. The second kappa shape index (κ2) is 62.8. The fourth-order valence-electron chi connectivity index (χ4n) is 10.8. The first-order valence-electron chi connectivity index (χ1n) is 37.4. The molecule has 0 aromatic rings. The van der Waals surface area contributed by atoms with Gasteiger partial charge in [0, 0.05) is 25.7 Å². The van der Waals surface area contributed by atoms with Crippen LogP contribution in [0.5, 0.6) is 0 Å². The predicted molar refractivity (Wildman–Crippen MR) is 368 cm³/mol. The number of carbonyl (C=O) groups excluding carboxylic acids is 4. The second-order valence-corrected chi connectivity index (χ2v) is 29.8. The van der Waals surface area contributed by atoms with Crippen molar-refractivity contribution in [3.63, 3.8) is 0 Å². The van der Waals surface area contributed by atoms with Crippen LogP contribution in [0.15, 0.2) is 0 Å². The summed E-state index contributed by atoms with van der Waals surface area (Å²) in [6.07, 6.45) is 47.2. The normalized spacial score (nSPS) is 14.8. The van der Waals surface area contributed by atoms with Crippen LogP contribution in [0.1, 0.15) is 363 Å². The van der Waals surface area contributed by atoms with Crippen molar-refractivity contribution in [3.8, 4) is 0 Å². The van der Waals surface area contributed by atoms with Crippen molar-refractivity contribution in [1.82, 2.24) is 0 Å². The van der Waals surface area contributed by atoms with Crippen LogP contribution >= 0.6 is 15.6 Å². The third kappa shape index (κ3) is 63.9. The summed E-state index contributed by atoms with van der Waals surface area (Å²) < 4.78 is 68.3. The Hall–Kier alpha value is -1.94. The van der Waals surface area contributed by atoms with Gasteiger partial charge in [-0.2, -0.15) is 0 Å². The van der Waals surface area contributed by atoms with Crippen LogP contribution < -0.4 is 0 Å². The van der Waals surface area contributed by atoms with Gasteiger partial charge in [-0.1, -0.05) is 312 Å². The van der Waals surface area contributed by atoms with Gasteiger partial charge < -0.3 is 33.8 Å². The van der Waals surface area contributed by atoms with E-state index in [1.165, 1.54) is 167 Å². The average molecular weight is 1340 g/mol. The Bertz CT molecular complexity index is 1790. The van der Waals surface area contributed by atoms with Crippen molar-refractivity contribution in [2.24, 2.45) is 17.8 Å². The van der Waals surface area contributed by atoms with Gasteiger partial charge in [0.15, 0.2) is 12.2 Å². The third-order valence-corrected chi connectivity index (χ3v) is 19.3. The molecular weight excluding hydrogens is 1200 g/mol. The van der Waals surface area contributed by atoms with Gasteiger partial charge in [-0.15, -0.1) is 0 Å². The first-order valence-corrected chi connectivity index (χ1v) is 40.4. The number of hydrogen-bond donors (Lipinski definition) is 3. The number of hydrogen-bond acceptors (Lipinski definition) is 15. The number of ether oxygens (including phenoxy) is 4. The molecule has 0 rings (SSSR count). The molecule has 0 aromatic heterocycles. The van der Waals surface area contributed by atoms with E-state index in [4.69, 9.17) is 37.0 Å². The standard InChI is InChI=1S/C72H140O17P2/c1-8-11-12-13-14-15-16-20-24-27-30-39-46-53-69(74)82-59-67(88-71(76)55-48-41-31-28-25-22-19-17-18-21-23-26-29-36-43-50-63(4)5)61-86-90(78,79)84-57-66(73)58-85-91(80,81)87-62-68(89-72(77)56-49-42-35-33-38-45-52-65(7)10-3)60-83-70(75)54-47-40-34-32-37-44-51-64(6)9-2/h63-68,73H,8-62H2,1-7H3,(H,78,79)(H,80,81)/t64?,65?,66-,67-,68-/m1/s1. The first-order chi connectivity index (χ1) is 43.8. The molecule has 91 heavy (non-hydrogen) atoms. The van der Waals surface area contributed by atoms with Crippen molar-refractivity contribution in [3.05, 3.63) is 0 Å². The molecule has 0 aliphatic carbocycles. The molecule has 0 heterocycles. The highest BCUT2D eigenvalue weighted by atomic mass is 31.2. The van der Waals surface area contributed by atoms with Crippen molar-refractivity contribution >= 4 is 39.5 Å². The zero-order chi connectivity index (χ0) is 67.3. The lowest BCUT2D eigenvalue weighted by Crippen LogP contribution is -2.30. The van der Waals surface area contributed by atoms with Gasteiger partial charge in [-0.25, -0.2) is 9.13 Å². The number of phosphoric acid groups is 2. The van der Waals surface area contributed by atoms with Crippen LogP contribution in [-0.4, -0.2) is 96.7 Å². The molecule has 19 heteroatoms. The molecule has 4 unspecified atom stereocenters. The highest BCUT2D eigenvalue weighted by Gasteiger charge is 2.30. The Kier molecular flexibility index (Phi) is 61.5. The topological polar surface area (TPSA) is 237 Å². The maximum absolute atomic E-state index is 13.0. The molecule has 540 valence electrons. The number of phosphoric ester groups is 2. The average Bonchev–Trinajstić information content (AvgIpc) is 2.78. The number of aliphatic hydroxyl groups is 1. The fraction of sp³-hybridized carbons (Fsp3) is 0.944. The Balaban J connectivity index is 5.23. The number of unbranched alkanes of at least 4 members (excludes halogenated alkanes) is 36. The molecule has 3 N–H and O–H groups in total. The van der Waals surface area contributed by atoms with Crippen molar-refractivity contribution in [2.45, 2.75) is 381 Å². The smallest absolute Gasteiger partial charge is 0.462 e. The molecule has 0 fully saturated rings. The molecule has 0 radical (unpaired) electrons. The third-order valence-electron chi connectivity index (χ3n) is 17.4. The van der Waals surface area contributed by atoms with E-state index in [1.54, 1.807) is 0 Å². The minimum Gasteiger partial charge on any atom is -0.462 e. The second-order valence-electron chi connectivity index (χ2n) is 26.9. The summed E-state index contributed by atoms with van der Waals surface area (Å²) in [6.45, 7) is 11.8. The van der Waals surface area contributed by atoms with E-state index in [0.29, 0.717) is 25.7 Å². The highest BCUT2D eigenvalue weighted by Crippen LogP contribution is 2.45. The van der Waals surface area contributed by atoms with Crippen molar-refractivity contribution < 1.29 is 80.2 Å². The fourth-order valence-corrected chi connectivity index (χ4v) is 12.4. The maximum atomic E-state index is 13.0. The van der Waals surface area contributed by atoms with Gasteiger partial charge in [-0.3, -0.25) is 37.3 Å². The minimum atomic E-state index is -4.95. The molecule has 17 nitrogen and oxygen atoms in total. The minimum absolute atomic E-state index is 0.102. The lowest BCUT2D eigenvalue weighted by atomic mass is 10.00. The first kappa shape index (κ1) is 89.1. The monoisotopic (exact) mass is 1340 g/mol. The maximum Gasteiger partial charge on any atom is 0.472 e. The lowest BCUT2D eigenvalue weighted by molar-refractivity contribution is -0.161. The van der Waals surface area contributed by atoms with E-state index in [0.717, 1.165) is 114 Å². The van der Waals surface area contributed by atoms with E-state index in [9.17, 15) is 43.2 Å². The van der Waals surface area contributed by atoms with Gasteiger partial charge >= 0.3 is 39.5 Å². The highest BCUT2D eigenvalue weighted by molar-refractivity contribution is 7.47.